The van der Waals surface area contributed by atoms with Crippen molar-refractivity contribution in [2.24, 2.45) is 10.8 Å². The Morgan fingerprint density at radius 1 is 1.19 bits per heavy atom. The number of nitrogens with one attached hydrogen (secondary N) is 1. The molecule has 0 fully saturated rings. The molecule has 0 saturated heterocycles. The number of benzene rings is 2. The molecule has 0 amide bonds. The van der Waals surface area contributed by atoms with E-state index in [1.807, 2.05) is 53.3 Å². The van der Waals surface area contributed by atoms with Gasteiger partial charge < -0.3 is 5.73 Å². The normalized spacial score (nSPS) is 11.0. The lowest BCUT2D eigenvalue weighted by atomic mass is 10.1. The van der Waals surface area contributed by atoms with E-state index in [0.29, 0.717) is 16.6 Å². The highest BCUT2D eigenvalue weighted by atomic mass is 35.5. The average molecular weight is 404 g/mol. The molecule has 132 valence electrons. The van der Waals surface area contributed by atoms with Gasteiger partial charge in [0.1, 0.15) is 5.69 Å². The van der Waals surface area contributed by atoms with E-state index in [1.54, 1.807) is 12.3 Å². The molecule has 0 saturated carbocycles. The highest BCUT2D eigenvalue weighted by molar-refractivity contribution is 7.80. The number of rotatable bonds is 5. The number of thiocarbonyl (C=S) groups is 1. The first kappa shape index (κ1) is 18.4. The van der Waals surface area contributed by atoms with Gasteiger partial charge in [-0.15, -0.1) is 0 Å². The monoisotopic (exact) mass is 403 g/mol. The Morgan fingerprint density at radius 2 is 1.96 bits per heavy atom. The molecule has 1 heterocycles. The highest BCUT2D eigenvalue weighted by Gasteiger charge is 2.10. The fourth-order valence-electron chi connectivity index (χ4n) is 2.42. The summed E-state index contributed by atoms with van der Waals surface area (Å²) in [5.41, 5.74) is 11.6. The summed E-state index contributed by atoms with van der Waals surface area (Å²) in [7, 11) is 0. The summed E-state index contributed by atoms with van der Waals surface area (Å²) in [6, 6.07) is 15.4. The lowest BCUT2D eigenvalue weighted by Crippen LogP contribution is -2.24. The van der Waals surface area contributed by atoms with Crippen LogP contribution in [-0.4, -0.2) is 21.1 Å². The molecule has 8 heteroatoms. The van der Waals surface area contributed by atoms with Crippen LogP contribution in [0.5, 0.6) is 0 Å². The summed E-state index contributed by atoms with van der Waals surface area (Å²) in [6.45, 7) is 0.549. The van der Waals surface area contributed by atoms with Gasteiger partial charge >= 0.3 is 0 Å². The van der Waals surface area contributed by atoms with Gasteiger partial charge in [-0.05, 0) is 29.9 Å². The van der Waals surface area contributed by atoms with E-state index in [4.69, 9.17) is 41.2 Å². The van der Waals surface area contributed by atoms with Crippen molar-refractivity contribution < 1.29 is 0 Å². The molecular weight excluding hydrogens is 389 g/mol. The molecule has 0 atom stereocenters. The maximum absolute atomic E-state index is 6.10. The van der Waals surface area contributed by atoms with Crippen LogP contribution in [0.3, 0.4) is 0 Å². The largest absolute Gasteiger partial charge is 0.375 e. The Bertz CT molecular complexity index is 953. The Labute approximate surface area is 166 Å². The van der Waals surface area contributed by atoms with E-state index in [9.17, 15) is 0 Å². The molecule has 26 heavy (non-hydrogen) atoms. The van der Waals surface area contributed by atoms with Crippen LogP contribution in [0.2, 0.25) is 10.0 Å². The maximum Gasteiger partial charge on any atom is 0.184 e. The van der Waals surface area contributed by atoms with Crippen LogP contribution in [0, 0.1) is 0 Å². The number of halogens is 2. The van der Waals surface area contributed by atoms with Gasteiger partial charge in [0.05, 0.1) is 22.8 Å². The fraction of sp³-hybridized carbons (Fsp3) is 0.0556. The van der Waals surface area contributed by atoms with Crippen LogP contribution in [0.25, 0.3) is 11.3 Å². The zero-order valence-electron chi connectivity index (χ0n) is 13.6. The lowest BCUT2D eigenvalue weighted by Gasteiger charge is -2.03. The van der Waals surface area contributed by atoms with Gasteiger partial charge in [0.25, 0.3) is 0 Å². The summed E-state index contributed by atoms with van der Waals surface area (Å²) in [4.78, 5) is 0. The SMILES string of the molecule is NC(=S)NN=Cc1cn(Cc2ccc(Cl)c(Cl)c2)nc1-c1ccccc1. The molecule has 0 unspecified atom stereocenters. The molecule has 0 spiro atoms. The summed E-state index contributed by atoms with van der Waals surface area (Å²) >= 11 is 16.8. The van der Waals surface area contributed by atoms with E-state index < -0.39 is 0 Å². The Balaban J connectivity index is 1.93. The second-order valence-corrected chi connectivity index (χ2v) is 6.73. The van der Waals surface area contributed by atoms with Crippen LogP contribution in [0.15, 0.2) is 59.8 Å². The van der Waals surface area contributed by atoms with Gasteiger partial charge in [-0.25, -0.2) is 0 Å². The topological polar surface area (TPSA) is 68.2 Å². The van der Waals surface area contributed by atoms with Crippen LogP contribution in [-0.2, 0) is 6.54 Å². The van der Waals surface area contributed by atoms with Crippen molar-refractivity contribution >= 4 is 46.7 Å². The number of aromatic nitrogens is 2. The van der Waals surface area contributed by atoms with Gasteiger partial charge in [-0.3, -0.25) is 10.1 Å². The first-order valence-electron chi connectivity index (χ1n) is 7.68. The predicted molar refractivity (Wildman–Crippen MR) is 111 cm³/mol. The van der Waals surface area contributed by atoms with Crippen molar-refractivity contribution in [3.8, 4) is 11.3 Å². The number of hydrogen-bond acceptors (Lipinski definition) is 3. The average Bonchev–Trinajstić information content (AvgIpc) is 3.01. The molecule has 0 radical (unpaired) electrons. The number of nitrogens with two attached hydrogens (primary N) is 1. The molecule has 0 aliphatic carbocycles. The second-order valence-electron chi connectivity index (χ2n) is 5.48. The van der Waals surface area contributed by atoms with E-state index in [0.717, 1.165) is 22.4 Å². The summed E-state index contributed by atoms with van der Waals surface area (Å²) in [6.07, 6.45) is 3.54. The molecule has 3 N–H and O–H groups in total. The van der Waals surface area contributed by atoms with Crippen LogP contribution < -0.4 is 11.2 Å². The summed E-state index contributed by atoms with van der Waals surface area (Å²) < 4.78 is 1.82. The van der Waals surface area contributed by atoms with Crippen LogP contribution in [0.1, 0.15) is 11.1 Å². The quantitative estimate of drug-likeness (QED) is 0.382. The number of hydrazone groups is 1. The van der Waals surface area contributed by atoms with Crippen molar-refractivity contribution in [1.29, 1.82) is 0 Å². The summed E-state index contributed by atoms with van der Waals surface area (Å²) in [5.74, 6) is 0. The van der Waals surface area contributed by atoms with Gasteiger partial charge in [-0.1, -0.05) is 59.6 Å². The first-order chi connectivity index (χ1) is 12.5. The Morgan fingerprint density at radius 3 is 2.65 bits per heavy atom. The molecule has 1 aromatic heterocycles. The van der Waals surface area contributed by atoms with Crippen LogP contribution >= 0.6 is 35.4 Å². The minimum atomic E-state index is 0.103. The standard InChI is InChI=1S/C18H15Cl2N5S/c19-15-7-6-12(8-16(15)20)10-25-11-14(9-22-23-18(21)26)17(24-25)13-4-2-1-3-5-13/h1-9,11H,10H2,(H3,21,23,26). The molecule has 2 aromatic carbocycles. The summed E-state index contributed by atoms with van der Waals surface area (Å²) in [5, 5.41) is 9.87. The van der Waals surface area contributed by atoms with Crippen molar-refractivity contribution in [2.75, 3.05) is 0 Å². The predicted octanol–water partition coefficient (Wildman–Crippen LogP) is 4.07. The van der Waals surface area contributed by atoms with E-state index in [2.05, 4.69) is 15.6 Å². The Hall–Kier alpha value is -2.41. The van der Waals surface area contributed by atoms with E-state index in [1.165, 1.54) is 0 Å². The minimum Gasteiger partial charge on any atom is -0.375 e. The molecular formula is C18H15Cl2N5S. The molecule has 0 bridgehead atoms. The zero-order chi connectivity index (χ0) is 18.5. The first-order valence-corrected chi connectivity index (χ1v) is 8.84. The Kier molecular flexibility index (Phi) is 5.88. The van der Waals surface area contributed by atoms with Crippen molar-refractivity contribution in [3.05, 3.63) is 75.9 Å². The zero-order valence-corrected chi connectivity index (χ0v) is 15.9. The molecule has 0 aliphatic heterocycles. The van der Waals surface area contributed by atoms with Gasteiger partial charge in [0, 0.05) is 17.3 Å². The van der Waals surface area contributed by atoms with Gasteiger partial charge in [0.2, 0.25) is 0 Å². The third-order valence-corrected chi connectivity index (χ3v) is 4.37. The lowest BCUT2D eigenvalue weighted by molar-refractivity contribution is 0.689. The van der Waals surface area contributed by atoms with Crippen molar-refractivity contribution in [3.63, 3.8) is 0 Å². The molecule has 3 aromatic rings. The molecule has 0 aliphatic rings. The second kappa shape index (κ2) is 8.31. The van der Waals surface area contributed by atoms with E-state index >= 15 is 0 Å². The van der Waals surface area contributed by atoms with Gasteiger partial charge in [-0.2, -0.15) is 10.2 Å². The number of hydrogen-bond donors (Lipinski definition) is 2. The van der Waals surface area contributed by atoms with Gasteiger partial charge in [0.15, 0.2) is 5.11 Å². The molecule has 3 rings (SSSR count). The molecule has 5 nitrogen and oxygen atoms in total. The third-order valence-electron chi connectivity index (χ3n) is 3.54. The number of nitrogens with zero attached hydrogens (tertiary/aromatic N) is 3. The van der Waals surface area contributed by atoms with E-state index in [-0.39, 0.29) is 5.11 Å². The highest BCUT2D eigenvalue weighted by Crippen LogP contribution is 2.24. The third kappa shape index (κ3) is 4.60. The van der Waals surface area contributed by atoms with Crippen LogP contribution in [0.4, 0.5) is 0 Å². The van der Waals surface area contributed by atoms with Crippen molar-refractivity contribution in [1.82, 2.24) is 15.2 Å². The fourth-order valence-corrected chi connectivity index (χ4v) is 2.80. The smallest absolute Gasteiger partial charge is 0.184 e. The van der Waals surface area contributed by atoms with Crippen molar-refractivity contribution in [2.45, 2.75) is 6.54 Å². The maximum atomic E-state index is 6.10. The minimum absolute atomic E-state index is 0.103.